The fourth-order valence-electron chi connectivity index (χ4n) is 3.88. The van der Waals surface area contributed by atoms with Crippen molar-refractivity contribution in [2.24, 2.45) is 7.05 Å². The molecule has 1 aliphatic carbocycles. The Hall–Kier alpha value is -2.79. The number of rotatable bonds is 2. The molecular formula is C21H21N5. The molecule has 0 saturated heterocycles. The zero-order valence-corrected chi connectivity index (χ0v) is 15.1. The van der Waals surface area contributed by atoms with Crippen molar-refractivity contribution in [2.75, 3.05) is 20.1 Å². The zero-order chi connectivity index (χ0) is 17.7. The summed E-state index contributed by atoms with van der Waals surface area (Å²) in [6.07, 6.45) is 8.64. The molecule has 0 fully saturated rings. The Balaban J connectivity index is 1.55. The first kappa shape index (κ1) is 15.5. The van der Waals surface area contributed by atoms with Crippen LogP contribution in [0.3, 0.4) is 0 Å². The van der Waals surface area contributed by atoms with E-state index in [1.165, 1.54) is 33.5 Å². The topological polar surface area (TPSA) is 46.8 Å². The van der Waals surface area contributed by atoms with E-state index in [9.17, 15) is 0 Å². The number of pyridine rings is 1. The molecule has 0 atom stereocenters. The summed E-state index contributed by atoms with van der Waals surface area (Å²) in [5.74, 6) is 0. The molecule has 2 aromatic heterocycles. The molecule has 0 amide bonds. The van der Waals surface area contributed by atoms with Gasteiger partial charge in [-0.05, 0) is 53.9 Å². The maximum Gasteiger partial charge on any atom is 0.113 e. The molecule has 0 radical (unpaired) electrons. The highest BCUT2D eigenvalue weighted by molar-refractivity contribution is 5.89. The SMILES string of the molecule is CN1CC=C(c2cnc3c(c2)C(c2ccc4nnn(C)c4c2)=CC3)CC1. The Bertz CT molecular complexity index is 1070. The smallest absolute Gasteiger partial charge is 0.113 e. The number of hydrogen-bond donors (Lipinski definition) is 0. The maximum atomic E-state index is 4.76. The van der Waals surface area contributed by atoms with Crippen molar-refractivity contribution in [1.29, 1.82) is 0 Å². The van der Waals surface area contributed by atoms with Crippen molar-refractivity contribution in [3.63, 3.8) is 0 Å². The van der Waals surface area contributed by atoms with Gasteiger partial charge < -0.3 is 4.90 Å². The van der Waals surface area contributed by atoms with Crippen LogP contribution in [-0.4, -0.2) is 45.0 Å². The second-order valence-corrected chi connectivity index (χ2v) is 7.20. The first-order chi connectivity index (χ1) is 12.7. The van der Waals surface area contributed by atoms with Crippen LogP contribution in [-0.2, 0) is 13.5 Å². The molecular weight excluding hydrogens is 322 g/mol. The van der Waals surface area contributed by atoms with E-state index < -0.39 is 0 Å². The first-order valence-corrected chi connectivity index (χ1v) is 9.06. The quantitative estimate of drug-likeness (QED) is 0.717. The Kier molecular flexibility index (Phi) is 3.50. The van der Waals surface area contributed by atoms with Crippen molar-refractivity contribution in [3.05, 3.63) is 65.0 Å². The number of likely N-dealkylation sites (N-methyl/N-ethyl adjacent to an activating group) is 1. The van der Waals surface area contributed by atoms with Crippen LogP contribution in [0.4, 0.5) is 0 Å². The van der Waals surface area contributed by atoms with E-state index >= 15 is 0 Å². The van der Waals surface area contributed by atoms with E-state index in [4.69, 9.17) is 4.98 Å². The number of allylic oxidation sites excluding steroid dienone is 1. The summed E-state index contributed by atoms with van der Waals surface area (Å²) in [5.41, 5.74) is 9.56. The van der Waals surface area contributed by atoms with Crippen LogP contribution < -0.4 is 0 Å². The summed E-state index contributed by atoms with van der Waals surface area (Å²) in [5, 5.41) is 8.29. The van der Waals surface area contributed by atoms with Gasteiger partial charge in [0.25, 0.3) is 0 Å². The number of aryl methyl sites for hydroxylation is 1. The molecule has 26 heavy (non-hydrogen) atoms. The standard InChI is InChI=1S/C21H21N5/c1-25-9-7-14(8-10-25)16-11-18-17(4-6-19(18)22-13-16)15-3-5-20-21(12-15)26(2)24-23-20/h3-5,7,11-13H,6,8-10H2,1-2H3. The number of benzene rings is 1. The van der Waals surface area contributed by atoms with Gasteiger partial charge in [0.1, 0.15) is 5.52 Å². The molecule has 5 nitrogen and oxygen atoms in total. The van der Waals surface area contributed by atoms with Crippen LogP contribution in [0, 0.1) is 0 Å². The molecule has 0 N–H and O–H groups in total. The molecule has 1 aromatic carbocycles. The average molecular weight is 343 g/mol. The van der Waals surface area contributed by atoms with E-state index in [2.05, 4.69) is 52.6 Å². The van der Waals surface area contributed by atoms with E-state index in [1.807, 2.05) is 24.0 Å². The lowest BCUT2D eigenvalue weighted by atomic mass is 9.95. The highest BCUT2D eigenvalue weighted by Crippen LogP contribution is 2.35. The van der Waals surface area contributed by atoms with E-state index in [0.717, 1.165) is 37.0 Å². The highest BCUT2D eigenvalue weighted by Gasteiger charge is 2.20. The van der Waals surface area contributed by atoms with Crippen LogP contribution in [0.15, 0.2) is 42.6 Å². The van der Waals surface area contributed by atoms with Gasteiger partial charge >= 0.3 is 0 Å². The minimum atomic E-state index is 0.897. The second kappa shape index (κ2) is 5.88. The molecule has 0 unspecified atom stereocenters. The van der Waals surface area contributed by atoms with Gasteiger partial charge in [-0.15, -0.1) is 5.10 Å². The van der Waals surface area contributed by atoms with Crippen molar-refractivity contribution in [1.82, 2.24) is 24.9 Å². The van der Waals surface area contributed by atoms with E-state index in [0.29, 0.717) is 0 Å². The largest absolute Gasteiger partial charge is 0.302 e. The molecule has 3 aromatic rings. The monoisotopic (exact) mass is 343 g/mol. The summed E-state index contributed by atoms with van der Waals surface area (Å²) in [7, 11) is 4.10. The van der Waals surface area contributed by atoms with E-state index in [-0.39, 0.29) is 0 Å². The summed E-state index contributed by atoms with van der Waals surface area (Å²) in [6.45, 7) is 2.12. The maximum absolute atomic E-state index is 4.76. The fraction of sp³-hybridized carbons (Fsp3) is 0.286. The highest BCUT2D eigenvalue weighted by atomic mass is 15.4. The molecule has 5 heteroatoms. The van der Waals surface area contributed by atoms with Crippen LogP contribution in [0.25, 0.3) is 22.2 Å². The summed E-state index contributed by atoms with van der Waals surface area (Å²) >= 11 is 0. The van der Waals surface area contributed by atoms with Crippen molar-refractivity contribution >= 4 is 22.2 Å². The number of hydrogen-bond acceptors (Lipinski definition) is 4. The predicted molar refractivity (Wildman–Crippen MR) is 104 cm³/mol. The van der Waals surface area contributed by atoms with Crippen LogP contribution in [0.5, 0.6) is 0 Å². The number of nitrogens with zero attached hydrogens (tertiary/aromatic N) is 5. The lowest BCUT2D eigenvalue weighted by Gasteiger charge is -2.22. The van der Waals surface area contributed by atoms with Gasteiger partial charge in [0.15, 0.2) is 0 Å². The minimum absolute atomic E-state index is 0.897. The molecule has 1 aliphatic heterocycles. The number of fused-ring (bicyclic) bond motifs is 2. The van der Waals surface area contributed by atoms with Crippen molar-refractivity contribution in [2.45, 2.75) is 12.8 Å². The van der Waals surface area contributed by atoms with Gasteiger partial charge in [-0.2, -0.15) is 0 Å². The van der Waals surface area contributed by atoms with Gasteiger partial charge in [0, 0.05) is 38.3 Å². The summed E-state index contributed by atoms with van der Waals surface area (Å²) < 4.78 is 1.83. The van der Waals surface area contributed by atoms with Crippen molar-refractivity contribution < 1.29 is 0 Å². The molecule has 3 heterocycles. The average Bonchev–Trinajstić information content (AvgIpc) is 3.25. The third-order valence-corrected chi connectivity index (χ3v) is 5.46. The van der Waals surface area contributed by atoms with Gasteiger partial charge in [-0.3, -0.25) is 4.98 Å². The number of aromatic nitrogens is 4. The normalized spacial score (nSPS) is 17.3. The molecule has 0 spiro atoms. The Morgan fingerprint density at radius 1 is 1.04 bits per heavy atom. The Labute approximate surface area is 152 Å². The van der Waals surface area contributed by atoms with Gasteiger partial charge in [0.2, 0.25) is 0 Å². The molecule has 0 saturated carbocycles. The van der Waals surface area contributed by atoms with E-state index in [1.54, 1.807) is 0 Å². The second-order valence-electron chi connectivity index (χ2n) is 7.20. The lowest BCUT2D eigenvalue weighted by molar-refractivity contribution is 0.370. The summed E-state index contributed by atoms with van der Waals surface area (Å²) in [4.78, 5) is 7.10. The Morgan fingerprint density at radius 2 is 1.96 bits per heavy atom. The first-order valence-electron chi connectivity index (χ1n) is 9.06. The molecule has 0 bridgehead atoms. The molecule has 130 valence electrons. The fourth-order valence-corrected chi connectivity index (χ4v) is 3.88. The van der Waals surface area contributed by atoms with Crippen molar-refractivity contribution in [3.8, 4) is 0 Å². The summed E-state index contributed by atoms with van der Waals surface area (Å²) in [6, 6.07) is 8.69. The third kappa shape index (κ3) is 2.47. The third-order valence-electron chi connectivity index (χ3n) is 5.46. The predicted octanol–water partition coefficient (Wildman–Crippen LogP) is 3.07. The van der Waals surface area contributed by atoms with Crippen LogP contribution in [0.1, 0.15) is 28.8 Å². The van der Waals surface area contributed by atoms with Gasteiger partial charge in [-0.1, -0.05) is 23.4 Å². The molecule has 5 rings (SSSR count). The van der Waals surface area contributed by atoms with Gasteiger partial charge in [0.05, 0.1) is 11.2 Å². The zero-order valence-electron chi connectivity index (χ0n) is 15.1. The lowest BCUT2D eigenvalue weighted by Crippen LogP contribution is -2.23. The molecule has 2 aliphatic rings. The van der Waals surface area contributed by atoms with Crippen LogP contribution >= 0.6 is 0 Å². The van der Waals surface area contributed by atoms with Gasteiger partial charge in [-0.25, -0.2) is 4.68 Å². The minimum Gasteiger partial charge on any atom is -0.302 e. The Morgan fingerprint density at radius 3 is 2.81 bits per heavy atom. The van der Waals surface area contributed by atoms with Crippen LogP contribution in [0.2, 0.25) is 0 Å².